The summed E-state index contributed by atoms with van der Waals surface area (Å²) in [6, 6.07) is 0. The van der Waals surface area contributed by atoms with E-state index in [4.69, 9.17) is 14.9 Å². The van der Waals surface area contributed by atoms with Crippen molar-refractivity contribution in [1.29, 1.82) is 0 Å². The molecule has 1 heterocycles. The minimum atomic E-state index is -1.03. The minimum absolute atomic E-state index is 0. The molecule has 0 saturated heterocycles. The molecule has 6 heteroatoms. The van der Waals surface area contributed by atoms with E-state index in [0.29, 0.717) is 0 Å². The van der Waals surface area contributed by atoms with E-state index >= 15 is 0 Å². The van der Waals surface area contributed by atoms with E-state index < -0.39 is 12.2 Å². The predicted molar refractivity (Wildman–Crippen MR) is 36.8 cm³/mol. The molecule has 0 aromatic carbocycles. The summed E-state index contributed by atoms with van der Waals surface area (Å²) in [5.74, 6) is -0.0715. The van der Waals surface area contributed by atoms with Gasteiger partial charge in [0, 0.05) is 6.08 Å². The molecule has 12 heavy (non-hydrogen) atoms. The molecule has 1 aliphatic heterocycles. The topological polar surface area (TPSA) is 107 Å². The second kappa shape index (κ2) is 4.70. The van der Waals surface area contributed by atoms with E-state index in [-0.39, 0.29) is 24.5 Å². The standard InChI is InChI=1S/C6H8O5.H2O/c7-3-11-6-1-4(8)5(9)2-10-6;/h1,3-5,8-9H,2H2;1H2. The summed E-state index contributed by atoms with van der Waals surface area (Å²) in [5.41, 5.74) is 0. The summed E-state index contributed by atoms with van der Waals surface area (Å²) in [5, 5.41) is 17.9. The Balaban J connectivity index is 0.00000121. The van der Waals surface area contributed by atoms with Gasteiger partial charge in [0.15, 0.2) is 0 Å². The maximum Gasteiger partial charge on any atom is 0.300 e. The van der Waals surface area contributed by atoms with E-state index in [1.54, 1.807) is 0 Å². The Kier molecular flexibility index (Phi) is 4.27. The summed E-state index contributed by atoms with van der Waals surface area (Å²) in [7, 11) is 0. The summed E-state index contributed by atoms with van der Waals surface area (Å²) in [6.45, 7) is 0.122. The van der Waals surface area contributed by atoms with Crippen LogP contribution in [0.5, 0.6) is 0 Å². The normalized spacial score (nSPS) is 27.7. The van der Waals surface area contributed by atoms with Crippen molar-refractivity contribution in [3.8, 4) is 0 Å². The first-order chi connectivity index (χ1) is 5.24. The van der Waals surface area contributed by atoms with Crippen molar-refractivity contribution in [2.24, 2.45) is 0 Å². The third-order valence-electron chi connectivity index (χ3n) is 1.26. The fourth-order valence-electron chi connectivity index (χ4n) is 0.685. The first-order valence-electron chi connectivity index (χ1n) is 3.05. The van der Waals surface area contributed by atoms with Crippen LogP contribution >= 0.6 is 0 Å². The number of hydrogen-bond donors (Lipinski definition) is 2. The van der Waals surface area contributed by atoms with Gasteiger partial charge in [0.25, 0.3) is 5.95 Å². The number of hydrogen-bond acceptors (Lipinski definition) is 5. The molecular weight excluding hydrogens is 168 g/mol. The van der Waals surface area contributed by atoms with Crippen LogP contribution in [0.3, 0.4) is 0 Å². The first-order valence-corrected chi connectivity index (χ1v) is 3.05. The highest BCUT2D eigenvalue weighted by atomic mass is 16.7. The molecule has 4 N–H and O–H groups in total. The van der Waals surface area contributed by atoms with E-state index in [1.807, 2.05) is 0 Å². The smallest absolute Gasteiger partial charge is 0.300 e. The van der Waals surface area contributed by atoms with Crippen LogP contribution in [0.2, 0.25) is 0 Å². The zero-order valence-electron chi connectivity index (χ0n) is 6.14. The highest BCUT2D eigenvalue weighted by Gasteiger charge is 2.22. The first kappa shape index (κ1) is 10.9. The highest BCUT2D eigenvalue weighted by molar-refractivity contribution is 5.39. The number of ether oxygens (including phenoxy) is 2. The average molecular weight is 178 g/mol. The molecule has 1 rings (SSSR count). The highest BCUT2D eigenvalue weighted by Crippen LogP contribution is 2.11. The SMILES string of the molecule is O.O=COC1=CC(O)C(O)CO1. The van der Waals surface area contributed by atoms with Gasteiger partial charge in [-0.2, -0.15) is 0 Å². The van der Waals surface area contributed by atoms with Gasteiger partial charge in [-0.25, -0.2) is 0 Å². The molecule has 0 aromatic heterocycles. The van der Waals surface area contributed by atoms with Crippen LogP contribution in [0, 0.1) is 0 Å². The Morgan fingerprint density at radius 1 is 1.67 bits per heavy atom. The Hall–Kier alpha value is -1.11. The van der Waals surface area contributed by atoms with Crippen molar-refractivity contribution in [2.45, 2.75) is 12.2 Å². The van der Waals surface area contributed by atoms with Crippen LogP contribution in [-0.4, -0.2) is 41.0 Å². The van der Waals surface area contributed by atoms with Crippen molar-refractivity contribution < 1.29 is 30.0 Å². The van der Waals surface area contributed by atoms with E-state index in [2.05, 4.69) is 4.74 Å². The minimum Gasteiger partial charge on any atom is -0.462 e. The molecule has 1 aliphatic rings. The van der Waals surface area contributed by atoms with Crippen molar-refractivity contribution in [3.63, 3.8) is 0 Å². The fourth-order valence-corrected chi connectivity index (χ4v) is 0.685. The van der Waals surface area contributed by atoms with Crippen molar-refractivity contribution in [3.05, 3.63) is 12.0 Å². The van der Waals surface area contributed by atoms with E-state index in [9.17, 15) is 4.79 Å². The van der Waals surface area contributed by atoms with Crippen LogP contribution in [0.25, 0.3) is 0 Å². The fraction of sp³-hybridized carbons (Fsp3) is 0.500. The lowest BCUT2D eigenvalue weighted by Crippen LogP contribution is -2.33. The molecule has 0 aliphatic carbocycles. The molecule has 0 fully saturated rings. The number of aliphatic hydroxyl groups excluding tert-OH is 2. The Morgan fingerprint density at radius 2 is 2.33 bits per heavy atom. The maximum atomic E-state index is 9.77. The lowest BCUT2D eigenvalue weighted by Gasteiger charge is -2.21. The van der Waals surface area contributed by atoms with Crippen LogP contribution in [0.15, 0.2) is 12.0 Å². The molecule has 0 spiro atoms. The lowest BCUT2D eigenvalue weighted by atomic mass is 10.2. The summed E-state index contributed by atoms with van der Waals surface area (Å²) in [6.07, 6.45) is -0.851. The van der Waals surface area contributed by atoms with Gasteiger partial charge in [-0.3, -0.25) is 4.79 Å². The largest absolute Gasteiger partial charge is 0.462 e. The van der Waals surface area contributed by atoms with Crippen molar-refractivity contribution in [2.75, 3.05) is 6.61 Å². The van der Waals surface area contributed by atoms with Gasteiger partial charge in [0.1, 0.15) is 18.8 Å². The van der Waals surface area contributed by atoms with E-state index in [0.717, 1.165) is 6.08 Å². The molecule has 2 atom stereocenters. The number of carbonyl (C=O) groups excluding carboxylic acids is 1. The summed E-state index contributed by atoms with van der Waals surface area (Å²) in [4.78, 5) is 9.77. The Bertz CT molecular complexity index is 177. The molecule has 0 bridgehead atoms. The molecule has 0 radical (unpaired) electrons. The molecule has 0 saturated carbocycles. The third-order valence-corrected chi connectivity index (χ3v) is 1.26. The summed E-state index contributed by atoms with van der Waals surface area (Å²) < 4.78 is 8.99. The second-order valence-electron chi connectivity index (χ2n) is 2.07. The zero-order chi connectivity index (χ0) is 8.27. The molecular formula is C6H10O6. The van der Waals surface area contributed by atoms with Gasteiger partial charge < -0.3 is 25.2 Å². The van der Waals surface area contributed by atoms with Gasteiger partial charge in [-0.05, 0) is 0 Å². The Morgan fingerprint density at radius 3 is 2.83 bits per heavy atom. The van der Waals surface area contributed by atoms with Gasteiger partial charge in [0.2, 0.25) is 0 Å². The lowest BCUT2D eigenvalue weighted by molar-refractivity contribution is -0.134. The zero-order valence-corrected chi connectivity index (χ0v) is 6.14. The van der Waals surface area contributed by atoms with Gasteiger partial charge in [0.05, 0.1) is 0 Å². The van der Waals surface area contributed by atoms with Crippen LogP contribution in [0.1, 0.15) is 0 Å². The number of rotatable bonds is 2. The van der Waals surface area contributed by atoms with Crippen LogP contribution < -0.4 is 0 Å². The van der Waals surface area contributed by atoms with Gasteiger partial charge >= 0.3 is 6.47 Å². The van der Waals surface area contributed by atoms with Gasteiger partial charge in [-0.15, -0.1) is 0 Å². The van der Waals surface area contributed by atoms with Crippen LogP contribution in [-0.2, 0) is 14.3 Å². The van der Waals surface area contributed by atoms with Crippen LogP contribution in [0.4, 0.5) is 0 Å². The number of carbonyl (C=O) groups is 1. The molecule has 0 amide bonds. The maximum absolute atomic E-state index is 9.77. The average Bonchev–Trinajstić information content (AvgIpc) is 1.98. The summed E-state index contributed by atoms with van der Waals surface area (Å²) >= 11 is 0. The van der Waals surface area contributed by atoms with E-state index in [1.165, 1.54) is 0 Å². The molecule has 6 nitrogen and oxygen atoms in total. The third kappa shape index (κ3) is 2.50. The monoisotopic (exact) mass is 178 g/mol. The van der Waals surface area contributed by atoms with Crippen molar-refractivity contribution >= 4 is 6.47 Å². The van der Waals surface area contributed by atoms with Gasteiger partial charge in [-0.1, -0.05) is 0 Å². The molecule has 2 unspecified atom stereocenters. The quantitative estimate of drug-likeness (QED) is 0.472. The molecule has 70 valence electrons. The molecule has 0 aromatic rings. The second-order valence-corrected chi connectivity index (χ2v) is 2.07. The number of aliphatic hydroxyl groups is 2. The predicted octanol–water partition coefficient (Wildman–Crippen LogP) is -2.07. The van der Waals surface area contributed by atoms with Crippen molar-refractivity contribution in [1.82, 2.24) is 0 Å². The Labute approximate surface area is 68.3 Å².